The summed E-state index contributed by atoms with van der Waals surface area (Å²) >= 11 is 0. The summed E-state index contributed by atoms with van der Waals surface area (Å²) in [6.07, 6.45) is 18.6. The molecule has 0 aromatic rings. The van der Waals surface area contributed by atoms with Crippen LogP contribution in [-0.2, 0) is 0 Å². The molecule has 1 fully saturated rings. The Bertz CT molecular complexity index is 295. The minimum Gasteiger partial charge on any atom is -0.128 e. The fraction of sp³-hybridized carbons (Fsp3) is 0.947. The van der Waals surface area contributed by atoms with Gasteiger partial charge in [0, 0.05) is 0 Å². The third kappa shape index (κ3) is 4.66. The van der Waals surface area contributed by atoms with Gasteiger partial charge in [0.15, 0.2) is 0 Å². The van der Waals surface area contributed by atoms with Gasteiger partial charge in [0.1, 0.15) is 0 Å². The first-order chi connectivity index (χ1) is 9.47. The van der Waals surface area contributed by atoms with Crippen LogP contribution in [0, 0.1) is 16.7 Å². The quantitative estimate of drug-likeness (QED) is 0.384. The van der Waals surface area contributed by atoms with Gasteiger partial charge in [0.2, 0.25) is 0 Å². The molecule has 120 valence electrons. The highest BCUT2D eigenvalue weighted by molar-refractivity contribution is 7.54. The maximum atomic E-state index is 4.23. The van der Waals surface area contributed by atoms with Crippen LogP contribution in [0.25, 0.3) is 0 Å². The molecule has 0 bridgehead atoms. The Morgan fingerprint density at radius 1 is 1.15 bits per heavy atom. The van der Waals surface area contributed by atoms with E-state index in [1.165, 1.54) is 63.9 Å². The SMILES string of the molecule is C=[PH](C)CCCC1(CC)CC1CCC(CC)(CC)CC. The molecule has 0 spiro atoms. The van der Waals surface area contributed by atoms with Gasteiger partial charge in [-0.15, -0.1) is 13.8 Å². The largest absolute Gasteiger partial charge is 0.128 e. The van der Waals surface area contributed by atoms with Crippen molar-refractivity contribution in [1.29, 1.82) is 0 Å². The lowest BCUT2D eigenvalue weighted by atomic mass is 9.75. The standard InChI is InChI=1S/C19H39P/c1-7-18(8-2,9-3)14-12-17-16-19(17,10-4)13-11-15-20(5)6/h17,20H,5,7-16H2,1-4,6H3. The second kappa shape index (κ2) is 8.07. The van der Waals surface area contributed by atoms with Crippen LogP contribution in [0.5, 0.6) is 0 Å². The van der Waals surface area contributed by atoms with Crippen molar-refractivity contribution in [3.8, 4) is 0 Å². The molecule has 0 nitrogen and oxygen atoms in total. The first-order valence-electron chi connectivity index (χ1n) is 9.12. The number of hydrogen-bond acceptors (Lipinski definition) is 0. The van der Waals surface area contributed by atoms with E-state index in [9.17, 15) is 0 Å². The number of rotatable bonds is 11. The van der Waals surface area contributed by atoms with Gasteiger partial charge in [0.25, 0.3) is 0 Å². The highest BCUT2D eigenvalue weighted by atomic mass is 31.1. The molecule has 3 unspecified atom stereocenters. The van der Waals surface area contributed by atoms with E-state index in [1.807, 2.05) is 0 Å². The Morgan fingerprint density at radius 3 is 2.20 bits per heavy atom. The van der Waals surface area contributed by atoms with Gasteiger partial charge in [-0.3, -0.25) is 0 Å². The summed E-state index contributed by atoms with van der Waals surface area (Å²) in [6, 6.07) is 0. The molecule has 0 N–H and O–H groups in total. The summed E-state index contributed by atoms with van der Waals surface area (Å²) in [5.41, 5.74) is 1.40. The zero-order chi connectivity index (χ0) is 15.2. The predicted molar refractivity (Wildman–Crippen MR) is 98.8 cm³/mol. The van der Waals surface area contributed by atoms with Crippen molar-refractivity contribution in [2.24, 2.45) is 16.7 Å². The van der Waals surface area contributed by atoms with Crippen LogP contribution in [0.4, 0.5) is 0 Å². The van der Waals surface area contributed by atoms with Gasteiger partial charge in [-0.25, -0.2) is 0 Å². The fourth-order valence-corrected chi connectivity index (χ4v) is 5.04. The molecule has 1 heteroatoms. The molecule has 0 amide bonds. The Labute approximate surface area is 129 Å². The summed E-state index contributed by atoms with van der Waals surface area (Å²) in [4.78, 5) is 0. The zero-order valence-electron chi connectivity index (χ0n) is 14.9. The van der Waals surface area contributed by atoms with Crippen LogP contribution < -0.4 is 0 Å². The van der Waals surface area contributed by atoms with Crippen LogP contribution in [0.15, 0.2) is 0 Å². The van der Waals surface area contributed by atoms with E-state index in [2.05, 4.69) is 40.7 Å². The van der Waals surface area contributed by atoms with E-state index in [0.29, 0.717) is 5.41 Å². The van der Waals surface area contributed by atoms with Crippen LogP contribution in [0.1, 0.15) is 85.5 Å². The van der Waals surface area contributed by atoms with Crippen LogP contribution in [-0.4, -0.2) is 19.1 Å². The molecule has 0 heterocycles. The highest BCUT2D eigenvalue weighted by Crippen LogP contribution is 2.61. The topological polar surface area (TPSA) is 0 Å². The summed E-state index contributed by atoms with van der Waals surface area (Å²) in [6.45, 7) is 12.0. The molecule has 1 rings (SSSR count). The molecule has 3 atom stereocenters. The first-order valence-corrected chi connectivity index (χ1v) is 11.5. The Hall–Kier alpha value is 0.300. The molecule has 0 saturated heterocycles. The molecule has 20 heavy (non-hydrogen) atoms. The maximum Gasteiger partial charge on any atom is -0.0269 e. The lowest BCUT2D eigenvalue weighted by Crippen LogP contribution is -2.18. The van der Waals surface area contributed by atoms with E-state index in [1.54, 1.807) is 0 Å². The van der Waals surface area contributed by atoms with Gasteiger partial charge in [-0.05, 0) is 61.7 Å². The summed E-state index contributed by atoms with van der Waals surface area (Å²) < 4.78 is 0. The van der Waals surface area contributed by atoms with Crippen molar-refractivity contribution in [3.63, 3.8) is 0 Å². The predicted octanol–water partition coefficient (Wildman–Crippen LogP) is 6.46. The van der Waals surface area contributed by atoms with E-state index >= 15 is 0 Å². The fourth-order valence-electron chi connectivity index (χ4n) is 4.26. The molecule has 1 aliphatic carbocycles. The molecular weight excluding hydrogens is 259 g/mol. The van der Waals surface area contributed by atoms with Crippen molar-refractivity contribution >= 4 is 13.8 Å². The molecule has 0 aromatic carbocycles. The first kappa shape index (κ1) is 18.3. The average molecular weight is 298 g/mol. The monoisotopic (exact) mass is 298 g/mol. The lowest BCUT2D eigenvalue weighted by molar-refractivity contribution is 0.211. The highest BCUT2D eigenvalue weighted by Gasteiger charge is 2.51. The number of hydrogen-bond donors (Lipinski definition) is 0. The Morgan fingerprint density at radius 2 is 1.75 bits per heavy atom. The maximum absolute atomic E-state index is 4.23. The summed E-state index contributed by atoms with van der Waals surface area (Å²) in [5.74, 6) is 1.05. The van der Waals surface area contributed by atoms with Gasteiger partial charge in [-0.1, -0.05) is 53.4 Å². The third-order valence-electron chi connectivity index (χ3n) is 6.61. The van der Waals surface area contributed by atoms with Crippen molar-refractivity contribution in [3.05, 3.63) is 0 Å². The van der Waals surface area contributed by atoms with E-state index in [4.69, 9.17) is 0 Å². The van der Waals surface area contributed by atoms with E-state index in [-0.39, 0.29) is 7.55 Å². The second-order valence-corrected chi connectivity index (χ2v) is 9.94. The van der Waals surface area contributed by atoms with Gasteiger partial charge < -0.3 is 0 Å². The third-order valence-corrected chi connectivity index (χ3v) is 7.82. The summed E-state index contributed by atoms with van der Waals surface area (Å²) in [7, 11) is -0.251. The second-order valence-electron chi connectivity index (χ2n) is 7.53. The normalized spacial score (nSPS) is 27.6. The van der Waals surface area contributed by atoms with Gasteiger partial charge in [0.05, 0.1) is 0 Å². The van der Waals surface area contributed by atoms with Gasteiger partial charge in [-0.2, -0.15) is 0 Å². The average Bonchev–Trinajstić information content (AvgIpc) is 3.15. The van der Waals surface area contributed by atoms with Crippen molar-refractivity contribution in [2.45, 2.75) is 85.5 Å². The molecular formula is C19H39P. The van der Waals surface area contributed by atoms with Crippen molar-refractivity contribution in [1.82, 2.24) is 0 Å². The summed E-state index contributed by atoms with van der Waals surface area (Å²) in [5, 5.41) is 0. The molecule has 1 aliphatic rings. The van der Waals surface area contributed by atoms with Crippen LogP contribution in [0.2, 0.25) is 0 Å². The molecule has 0 radical (unpaired) electrons. The zero-order valence-corrected chi connectivity index (χ0v) is 15.9. The van der Waals surface area contributed by atoms with Crippen molar-refractivity contribution < 1.29 is 0 Å². The minimum atomic E-state index is -0.251. The van der Waals surface area contributed by atoms with Crippen molar-refractivity contribution in [2.75, 3.05) is 12.8 Å². The van der Waals surface area contributed by atoms with E-state index < -0.39 is 0 Å². The smallest absolute Gasteiger partial charge is 0.0269 e. The van der Waals surface area contributed by atoms with Crippen LogP contribution >= 0.6 is 7.55 Å². The molecule has 0 aliphatic heterocycles. The van der Waals surface area contributed by atoms with Gasteiger partial charge >= 0.3 is 0 Å². The van der Waals surface area contributed by atoms with E-state index in [0.717, 1.165) is 11.3 Å². The Kier molecular flexibility index (Phi) is 7.40. The molecule has 1 saturated carbocycles. The lowest BCUT2D eigenvalue weighted by Gasteiger charge is -2.31. The van der Waals surface area contributed by atoms with Crippen LogP contribution in [0.3, 0.4) is 0 Å². The Balaban J connectivity index is 2.40. The molecule has 0 aromatic heterocycles. The minimum absolute atomic E-state index is 0.251.